The van der Waals surface area contributed by atoms with Crippen molar-refractivity contribution in [3.63, 3.8) is 0 Å². The SMILES string of the molecule is OC1CCCC1Cc1ccc(I)cc1. The first kappa shape index (κ1) is 10.4. The normalized spacial score (nSPS) is 26.7. The van der Waals surface area contributed by atoms with Crippen LogP contribution in [0.5, 0.6) is 0 Å². The van der Waals surface area contributed by atoms with E-state index in [2.05, 4.69) is 46.9 Å². The average molecular weight is 302 g/mol. The van der Waals surface area contributed by atoms with Gasteiger partial charge in [0.25, 0.3) is 0 Å². The number of rotatable bonds is 2. The van der Waals surface area contributed by atoms with Crippen LogP contribution in [0.25, 0.3) is 0 Å². The van der Waals surface area contributed by atoms with Crippen molar-refractivity contribution < 1.29 is 5.11 Å². The van der Waals surface area contributed by atoms with Gasteiger partial charge in [-0.1, -0.05) is 18.6 Å². The van der Waals surface area contributed by atoms with E-state index in [1.165, 1.54) is 22.0 Å². The number of halogens is 1. The third-order valence-electron chi connectivity index (χ3n) is 3.03. The molecule has 2 unspecified atom stereocenters. The molecule has 76 valence electrons. The average Bonchev–Trinajstić information content (AvgIpc) is 2.56. The predicted molar refractivity (Wildman–Crippen MR) is 66.2 cm³/mol. The van der Waals surface area contributed by atoms with E-state index >= 15 is 0 Å². The minimum atomic E-state index is -0.0609. The molecular weight excluding hydrogens is 287 g/mol. The van der Waals surface area contributed by atoms with Crippen LogP contribution in [0, 0.1) is 9.49 Å². The van der Waals surface area contributed by atoms with Crippen molar-refractivity contribution in [2.24, 2.45) is 5.92 Å². The first-order chi connectivity index (χ1) is 6.75. The van der Waals surface area contributed by atoms with Crippen LogP contribution in [0.15, 0.2) is 24.3 Å². The van der Waals surface area contributed by atoms with Crippen molar-refractivity contribution >= 4 is 22.6 Å². The molecule has 1 aliphatic rings. The Labute approximate surface area is 98.7 Å². The zero-order valence-corrected chi connectivity index (χ0v) is 10.3. The van der Waals surface area contributed by atoms with Crippen molar-refractivity contribution in [3.8, 4) is 0 Å². The van der Waals surface area contributed by atoms with Gasteiger partial charge in [-0.25, -0.2) is 0 Å². The molecule has 14 heavy (non-hydrogen) atoms. The Morgan fingerprint density at radius 2 is 1.93 bits per heavy atom. The molecule has 0 saturated heterocycles. The van der Waals surface area contributed by atoms with Gasteiger partial charge in [0.15, 0.2) is 0 Å². The highest BCUT2D eigenvalue weighted by atomic mass is 127. The van der Waals surface area contributed by atoms with Gasteiger partial charge in [-0.15, -0.1) is 0 Å². The molecule has 2 rings (SSSR count). The van der Waals surface area contributed by atoms with E-state index in [1.54, 1.807) is 0 Å². The monoisotopic (exact) mass is 302 g/mol. The number of aliphatic hydroxyl groups excluding tert-OH is 1. The molecule has 2 heteroatoms. The lowest BCUT2D eigenvalue weighted by molar-refractivity contribution is 0.132. The molecule has 0 amide bonds. The summed E-state index contributed by atoms with van der Waals surface area (Å²) in [5, 5.41) is 9.70. The summed E-state index contributed by atoms with van der Waals surface area (Å²) in [4.78, 5) is 0. The van der Waals surface area contributed by atoms with Crippen molar-refractivity contribution in [1.82, 2.24) is 0 Å². The van der Waals surface area contributed by atoms with E-state index in [1.807, 2.05) is 0 Å². The topological polar surface area (TPSA) is 20.2 Å². The van der Waals surface area contributed by atoms with Crippen LogP contribution in [-0.4, -0.2) is 11.2 Å². The molecule has 1 aromatic carbocycles. The summed E-state index contributed by atoms with van der Waals surface area (Å²) in [5.74, 6) is 0.495. The molecule has 1 aliphatic carbocycles. The van der Waals surface area contributed by atoms with Gasteiger partial charge in [-0.05, 0) is 65.5 Å². The van der Waals surface area contributed by atoms with Gasteiger partial charge in [-0.3, -0.25) is 0 Å². The summed E-state index contributed by atoms with van der Waals surface area (Å²) in [5.41, 5.74) is 1.36. The molecular formula is C12H15IO. The molecule has 1 nitrogen and oxygen atoms in total. The summed E-state index contributed by atoms with van der Waals surface area (Å²) in [7, 11) is 0. The number of aliphatic hydroxyl groups is 1. The third kappa shape index (κ3) is 2.48. The highest BCUT2D eigenvalue weighted by Crippen LogP contribution is 2.28. The smallest absolute Gasteiger partial charge is 0.0571 e. The molecule has 1 N–H and O–H groups in total. The predicted octanol–water partition coefficient (Wildman–Crippen LogP) is 2.99. The lowest BCUT2D eigenvalue weighted by atomic mass is 9.96. The van der Waals surface area contributed by atoms with Crippen molar-refractivity contribution in [2.75, 3.05) is 0 Å². The Morgan fingerprint density at radius 3 is 2.50 bits per heavy atom. The third-order valence-corrected chi connectivity index (χ3v) is 3.75. The van der Waals surface area contributed by atoms with Gasteiger partial charge in [0.2, 0.25) is 0 Å². The minimum absolute atomic E-state index is 0.0609. The zero-order chi connectivity index (χ0) is 9.97. The van der Waals surface area contributed by atoms with E-state index in [-0.39, 0.29) is 6.10 Å². The molecule has 1 aromatic rings. The van der Waals surface area contributed by atoms with Gasteiger partial charge in [-0.2, -0.15) is 0 Å². The maximum absolute atomic E-state index is 9.70. The maximum atomic E-state index is 9.70. The second-order valence-corrected chi connectivity index (χ2v) is 5.33. The van der Waals surface area contributed by atoms with Gasteiger partial charge >= 0.3 is 0 Å². The first-order valence-electron chi connectivity index (χ1n) is 5.18. The summed E-state index contributed by atoms with van der Waals surface area (Å²) in [6, 6.07) is 8.62. The van der Waals surface area contributed by atoms with Crippen LogP contribution in [0.2, 0.25) is 0 Å². The summed E-state index contributed by atoms with van der Waals surface area (Å²) in [6.45, 7) is 0. The van der Waals surface area contributed by atoms with Gasteiger partial charge in [0.1, 0.15) is 0 Å². The van der Waals surface area contributed by atoms with E-state index in [0.717, 1.165) is 12.8 Å². The van der Waals surface area contributed by atoms with E-state index < -0.39 is 0 Å². The first-order valence-corrected chi connectivity index (χ1v) is 6.26. The largest absolute Gasteiger partial charge is 0.393 e. The van der Waals surface area contributed by atoms with Gasteiger partial charge in [0, 0.05) is 3.57 Å². The molecule has 1 saturated carbocycles. The lowest BCUT2D eigenvalue weighted by Crippen LogP contribution is -2.15. The fourth-order valence-electron chi connectivity index (χ4n) is 2.18. The summed E-state index contributed by atoms with van der Waals surface area (Å²) < 4.78 is 1.28. The minimum Gasteiger partial charge on any atom is -0.393 e. The Morgan fingerprint density at radius 1 is 1.21 bits per heavy atom. The lowest BCUT2D eigenvalue weighted by Gasteiger charge is -2.13. The number of benzene rings is 1. The van der Waals surface area contributed by atoms with Gasteiger partial charge < -0.3 is 5.11 Å². The highest BCUT2D eigenvalue weighted by Gasteiger charge is 2.24. The van der Waals surface area contributed by atoms with Crippen molar-refractivity contribution in [3.05, 3.63) is 33.4 Å². The second-order valence-electron chi connectivity index (χ2n) is 4.09. The Balaban J connectivity index is 2.00. The Bertz CT molecular complexity index is 294. The van der Waals surface area contributed by atoms with E-state index in [9.17, 15) is 5.11 Å². The van der Waals surface area contributed by atoms with Crippen LogP contribution >= 0.6 is 22.6 Å². The molecule has 0 radical (unpaired) electrons. The van der Waals surface area contributed by atoms with Crippen LogP contribution in [0.3, 0.4) is 0 Å². The number of hydrogen-bond donors (Lipinski definition) is 1. The molecule has 0 aromatic heterocycles. The summed E-state index contributed by atoms with van der Waals surface area (Å²) >= 11 is 2.32. The number of hydrogen-bond acceptors (Lipinski definition) is 1. The zero-order valence-electron chi connectivity index (χ0n) is 8.12. The van der Waals surface area contributed by atoms with Crippen LogP contribution in [0.1, 0.15) is 24.8 Å². The van der Waals surface area contributed by atoms with Gasteiger partial charge in [0.05, 0.1) is 6.10 Å². The van der Waals surface area contributed by atoms with E-state index in [0.29, 0.717) is 5.92 Å². The highest BCUT2D eigenvalue weighted by molar-refractivity contribution is 14.1. The fourth-order valence-corrected chi connectivity index (χ4v) is 2.54. The summed E-state index contributed by atoms with van der Waals surface area (Å²) in [6.07, 6.45) is 4.35. The second kappa shape index (κ2) is 4.62. The van der Waals surface area contributed by atoms with Crippen molar-refractivity contribution in [1.29, 1.82) is 0 Å². The fraction of sp³-hybridized carbons (Fsp3) is 0.500. The van der Waals surface area contributed by atoms with Crippen LogP contribution in [-0.2, 0) is 6.42 Å². The molecule has 1 fully saturated rings. The van der Waals surface area contributed by atoms with Crippen LogP contribution < -0.4 is 0 Å². The maximum Gasteiger partial charge on any atom is 0.0571 e. The molecule has 0 bridgehead atoms. The Kier molecular flexibility index (Phi) is 3.44. The molecule has 2 atom stereocenters. The quantitative estimate of drug-likeness (QED) is 0.833. The Hall–Kier alpha value is -0.0900. The van der Waals surface area contributed by atoms with Crippen LogP contribution in [0.4, 0.5) is 0 Å². The van der Waals surface area contributed by atoms with E-state index in [4.69, 9.17) is 0 Å². The molecule has 0 spiro atoms. The molecule has 0 aliphatic heterocycles. The van der Waals surface area contributed by atoms with Crippen molar-refractivity contribution in [2.45, 2.75) is 31.8 Å². The standard InChI is InChI=1S/C12H15IO/c13-11-6-4-9(5-7-11)8-10-2-1-3-12(10)14/h4-7,10,12,14H,1-3,8H2. The molecule has 0 heterocycles.